The van der Waals surface area contributed by atoms with E-state index in [0.717, 1.165) is 6.54 Å². The molecule has 0 bridgehead atoms. The monoisotopic (exact) mass is 860 g/mol. The number of fused-ring (bicyclic) bond motifs is 6. The minimum Gasteiger partial charge on any atom is -0.339 e. The van der Waals surface area contributed by atoms with Gasteiger partial charge in [0.2, 0.25) is 0 Å². The van der Waals surface area contributed by atoms with Gasteiger partial charge < -0.3 is 4.57 Å². The summed E-state index contributed by atoms with van der Waals surface area (Å²) in [5.41, 5.74) is 14.5. The Morgan fingerprint density at radius 3 is 1.32 bits per heavy atom. The minimum absolute atomic E-state index is 0.0368. The largest absolute Gasteiger partial charge is 0.339 e. The number of hydrogen-bond donors (Lipinski definition) is 0. The summed E-state index contributed by atoms with van der Waals surface area (Å²) in [7, 11) is 0. The fourth-order valence-electron chi connectivity index (χ4n) is 10.7. The van der Waals surface area contributed by atoms with E-state index < -0.39 is 0 Å². The molecule has 0 saturated heterocycles. The highest BCUT2D eigenvalue weighted by molar-refractivity contribution is 7.30. The number of benzene rings is 4. The summed E-state index contributed by atoms with van der Waals surface area (Å²) >= 11 is 4.04. The van der Waals surface area contributed by atoms with Gasteiger partial charge in [0.15, 0.2) is 0 Å². The lowest BCUT2D eigenvalue weighted by Gasteiger charge is -2.33. The molecule has 1 aliphatic carbocycles. The van der Waals surface area contributed by atoms with Crippen LogP contribution >= 0.6 is 22.7 Å². The SMILES string of the molecule is CCCCCCCCCCn1c2cc(-c3ccccc3)sc2c2sc(-c3ccc4c(c3)C(CCCCCCCC)(CCCCCCCC)c3cc(-c5ccccc5)ccc3-4)cc21. The van der Waals surface area contributed by atoms with E-state index in [1.807, 2.05) is 22.7 Å². The highest BCUT2D eigenvalue weighted by atomic mass is 32.1. The summed E-state index contributed by atoms with van der Waals surface area (Å²) in [4.78, 5) is 2.81. The number of thiophene rings is 2. The van der Waals surface area contributed by atoms with Gasteiger partial charge >= 0.3 is 0 Å². The van der Waals surface area contributed by atoms with E-state index >= 15 is 0 Å². The summed E-state index contributed by atoms with van der Waals surface area (Å²) in [6.45, 7) is 8.08. The van der Waals surface area contributed by atoms with Gasteiger partial charge in [-0.3, -0.25) is 0 Å². The fourth-order valence-corrected chi connectivity index (χ4v) is 13.2. The Hall–Kier alpha value is -3.92. The molecule has 0 atom stereocenters. The van der Waals surface area contributed by atoms with Crippen LogP contribution in [0.3, 0.4) is 0 Å². The van der Waals surface area contributed by atoms with Crippen molar-refractivity contribution in [2.24, 2.45) is 0 Å². The first-order chi connectivity index (χ1) is 30.6. The molecule has 1 aliphatic rings. The third-order valence-corrected chi connectivity index (χ3v) is 16.7. The Balaban J connectivity index is 1.17. The molecule has 7 aromatic rings. The molecule has 0 fully saturated rings. The number of aryl methyl sites for hydroxylation is 1. The Kier molecular flexibility index (Phi) is 15.9. The molecule has 3 heterocycles. The lowest BCUT2D eigenvalue weighted by molar-refractivity contribution is 0.398. The molecule has 0 saturated carbocycles. The summed E-state index contributed by atoms with van der Waals surface area (Å²) in [6.07, 6.45) is 29.3. The van der Waals surface area contributed by atoms with Crippen molar-refractivity contribution in [3.63, 3.8) is 0 Å². The van der Waals surface area contributed by atoms with Gasteiger partial charge in [-0.1, -0.05) is 228 Å². The highest BCUT2D eigenvalue weighted by Crippen LogP contribution is 2.56. The van der Waals surface area contributed by atoms with Gasteiger partial charge in [-0.25, -0.2) is 0 Å². The molecule has 1 nitrogen and oxygen atoms in total. The van der Waals surface area contributed by atoms with Crippen LogP contribution in [-0.4, -0.2) is 4.57 Å². The molecule has 326 valence electrons. The van der Waals surface area contributed by atoms with E-state index in [1.165, 1.54) is 205 Å². The van der Waals surface area contributed by atoms with Crippen molar-refractivity contribution in [1.29, 1.82) is 0 Å². The molecule has 0 N–H and O–H groups in total. The predicted octanol–water partition coefficient (Wildman–Crippen LogP) is 19.8. The van der Waals surface area contributed by atoms with Gasteiger partial charge in [0.05, 0.1) is 20.4 Å². The van der Waals surface area contributed by atoms with Crippen LogP contribution < -0.4 is 0 Å². The van der Waals surface area contributed by atoms with Crippen molar-refractivity contribution in [3.05, 3.63) is 120 Å². The second-order valence-electron chi connectivity index (χ2n) is 18.6. The molecular formula is C59H73NS2. The third-order valence-electron chi connectivity index (χ3n) is 14.2. The maximum absolute atomic E-state index is 2.69. The lowest BCUT2D eigenvalue weighted by atomic mass is 9.70. The average molecular weight is 860 g/mol. The molecule has 0 radical (unpaired) electrons. The van der Waals surface area contributed by atoms with Crippen molar-refractivity contribution in [3.8, 4) is 43.1 Å². The predicted molar refractivity (Wildman–Crippen MR) is 276 cm³/mol. The van der Waals surface area contributed by atoms with Gasteiger partial charge in [0.25, 0.3) is 0 Å². The smallest absolute Gasteiger partial charge is 0.0707 e. The number of rotatable bonds is 26. The van der Waals surface area contributed by atoms with Crippen LogP contribution in [0.1, 0.15) is 173 Å². The number of nitrogens with zero attached hydrogens (tertiary/aromatic N) is 1. The third kappa shape index (κ3) is 10.1. The zero-order chi connectivity index (χ0) is 42.6. The number of aromatic nitrogens is 1. The van der Waals surface area contributed by atoms with Gasteiger partial charge in [0.1, 0.15) is 0 Å². The van der Waals surface area contributed by atoms with Crippen LogP contribution in [0.25, 0.3) is 63.6 Å². The van der Waals surface area contributed by atoms with Crippen LogP contribution in [0.4, 0.5) is 0 Å². The van der Waals surface area contributed by atoms with Crippen molar-refractivity contribution in [2.75, 3.05) is 0 Å². The fraction of sp³-hybridized carbons (Fsp3) is 0.458. The molecule has 0 spiro atoms. The highest BCUT2D eigenvalue weighted by Gasteiger charge is 2.42. The van der Waals surface area contributed by atoms with Gasteiger partial charge in [-0.2, -0.15) is 0 Å². The molecule has 0 aliphatic heterocycles. The molecule has 8 rings (SSSR count). The van der Waals surface area contributed by atoms with Crippen molar-refractivity contribution in [2.45, 2.75) is 174 Å². The molecule has 62 heavy (non-hydrogen) atoms. The van der Waals surface area contributed by atoms with Crippen molar-refractivity contribution < 1.29 is 0 Å². The Morgan fingerprint density at radius 1 is 0.387 bits per heavy atom. The van der Waals surface area contributed by atoms with E-state index in [0.29, 0.717) is 0 Å². The van der Waals surface area contributed by atoms with Crippen molar-refractivity contribution >= 4 is 43.1 Å². The van der Waals surface area contributed by atoms with Crippen molar-refractivity contribution in [1.82, 2.24) is 4.57 Å². The molecule has 0 unspecified atom stereocenters. The van der Waals surface area contributed by atoms with Crippen LogP contribution in [-0.2, 0) is 12.0 Å². The van der Waals surface area contributed by atoms with E-state index in [4.69, 9.17) is 0 Å². The van der Waals surface area contributed by atoms with Crippen LogP contribution in [0, 0.1) is 0 Å². The second-order valence-corrected chi connectivity index (χ2v) is 20.8. The van der Waals surface area contributed by atoms with Crippen LogP contribution in [0.2, 0.25) is 0 Å². The average Bonchev–Trinajstić information content (AvgIpc) is 4.07. The second kappa shape index (κ2) is 22.1. The Bertz CT molecular complexity index is 2430. The number of hydrogen-bond acceptors (Lipinski definition) is 2. The normalized spacial score (nSPS) is 13.1. The summed E-state index contributed by atoms with van der Waals surface area (Å²) in [5, 5.41) is 0. The quantitative estimate of drug-likeness (QED) is 0.0478. The lowest BCUT2D eigenvalue weighted by Crippen LogP contribution is -2.25. The molecule has 3 aromatic heterocycles. The topological polar surface area (TPSA) is 4.93 Å². The maximum atomic E-state index is 2.69. The first-order valence-corrected chi connectivity index (χ1v) is 26.7. The standard InChI is InChI=1S/C59H73NS2/c1-4-7-10-13-16-17-20-29-40-60-53-43-55(46-32-25-22-26-33-46)61-57(53)58-54(60)44-56(62-58)48-35-37-50-49-36-34-47(45-30-23-21-24-31-45)41-51(49)59(52(50)42-48,38-27-18-14-11-8-5-2)39-28-19-15-12-9-6-3/h21-26,30-37,41-44H,4-20,27-29,38-40H2,1-3H3. The zero-order valence-electron chi connectivity index (χ0n) is 38.4. The van der Waals surface area contributed by atoms with Gasteiger partial charge in [0, 0.05) is 21.7 Å². The number of unbranched alkanes of at least 4 members (excludes halogenated alkanes) is 17. The summed E-state index contributed by atoms with van der Waals surface area (Å²) in [5.74, 6) is 0. The first kappa shape index (κ1) is 44.7. The van der Waals surface area contributed by atoms with Crippen LogP contribution in [0.5, 0.6) is 0 Å². The maximum Gasteiger partial charge on any atom is 0.0707 e. The molecule has 4 aromatic carbocycles. The minimum atomic E-state index is 0.0368. The summed E-state index contributed by atoms with van der Waals surface area (Å²) in [6, 6.07) is 42.4. The van der Waals surface area contributed by atoms with E-state index in [-0.39, 0.29) is 5.41 Å². The molecular weight excluding hydrogens is 787 g/mol. The molecule has 3 heteroatoms. The Morgan fingerprint density at radius 2 is 0.806 bits per heavy atom. The van der Waals surface area contributed by atoms with E-state index in [9.17, 15) is 0 Å². The first-order valence-electron chi connectivity index (χ1n) is 25.1. The molecule has 0 amide bonds. The van der Waals surface area contributed by atoms with E-state index in [1.54, 1.807) is 11.1 Å². The van der Waals surface area contributed by atoms with Gasteiger partial charge in [-0.15, -0.1) is 22.7 Å². The van der Waals surface area contributed by atoms with Crippen LogP contribution in [0.15, 0.2) is 109 Å². The summed E-state index contributed by atoms with van der Waals surface area (Å²) < 4.78 is 5.64. The zero-order valence-corrected chi connectivity index (χ0v) is 40.1. The van der Waals surface area contributed by atoms with Gasteiger partial charge in [-0.05, 0) is 88.0 Å². The van der Waals surface area contributed by atoms with E-state index in [2.05, 4.69) is 135 Å². The Labute approximate surface area is 383 Å².